The quantitative estimate of drug-likeness (QED) is 0.829. The molecule has 2 nitrogen and oxygen atoms in total. The van der Waals surface area contributed by atoms with E-state index in [1.165, 1.54) is 27.9 Å². The molecular formula is C17H20N2. The van der Waals surface area contributed by atoms with Crippen LogP contribution in [0.25, 0.3) is 0 Å². The summed E-state index contributed by atoms with van der Waals surface area (Å²) in [6, 6.07) is 13.0. The Kier molecular flexibility index (Phi) is 2.94. The van der Waals surface area contributed by atoms with Gasteiger partial charge in [-0.15, -0.1) is 0 Å². The Morgan fingerprint density at radius 2 is 1.89 bits per heavy atom. The van der Waals surface area contributed by atoms with Gasteiger partial charge in [-0.05, 0) is 48.6 Å². The molecule has 0 saturated heterocycles. The van der Waals surface area contributed by atoms with E-state index in [9.17, 15) is 0 Å². The monoisotopic (exact) mass is 252 g/mol. The first-order chi connectivity index (χ1) is 9.15. The number of hydrogen-bond acceptors (Lipinski definition) is 2. The fourth-order valence-electron chi connectivity index (χ4n) is 2.80. The third-order valence-electron chi connectivity index (χ3n) is 4.08. The second-order valence-corrected chi connectivity index (χ2v) is 5.44. The number of anilines is 2. The molecule has 0 amide bonds. The van der Waals surface area contributed by atoms with Crippen molar-refractivity contribution in [3.05, 3.63) is 58.7 Å². The van der Waals surface area contributed by atoms with E-state index in [4.69, 9.17) is 5.73 Å². The minimum absolute atomic E-state index is 0.899. The highest BCUT2D eigenvalue weighted by atomic mass is 15.1. The van der Waals surface area contributed by atoms with Crippen molar-refractivity contribution in [1.82, 2.24) is 0 Å². The first-order valence-electron chi connectivity index (χ1n) is 6.83. The molecule has 98 valence electrons. The topological polar surface area (TPSA) is 29.3 Å². The molecular weight excluding hydrogens is 232 g/mol. The molecule has 1 heterocycles. The van der Waals surface area contributed by atoms with Crippen LogP contribution >= 0.6 is 0 Å². The summed E-state index contributed by atoms with van der Waals surface area (Å²) in [5.41, 5.74) is 13.6. The van der Waals surface area contributed by atoms with E-state index in [2.05, 4.69) is 55.1 Å². The first kappa shape index (κ1) is 12.1. The highest BCUT2D eigenvalue weighted by molar-refractivity contribution is 5.67. The average Bonchev–Trinajstić information content (AvgIpc) is 2.76. The number of rotatable bonds is 2. The number of hydrogen-bond donors (Lipinski definition) is 1. The van der Waals surface area contributed by atoms with Crippen molar-refractivity contribution in [3.8, 4) is 0 Å². The van der Waals surface area contributed by atoms with Crippen LogP contribution in [0.3, 0.4) is 0 Å². The number of nitrogens with zero attached hydrogens (tertiary/aromatic N) is 1. The van der Waals surface area contributed by atoms with Gasteiger partial charge in [-0.25, -0.2) is 0 Å². The van der Waals surface area contributed by atoms with Crippen molar-refractivity contribution in [2.45, 2.75) is 26.8 Å². The second-order valence-electron chi connectivity index (χ2n) is 5.44. The van der Waals surface area contributed by atoms with Gasteiger partial charge in [-0.2, -0.15) is 0 Å². The fraction of sp³-hybridized carbons (Fsp3) is 0.294. The molecule has 2 aromatic rings. The van der Waals surface area contributed by atoms with E-state index in [1.54, 1.807) is 0 Å². The Morgan fingerprint density at radius 1 is 1.11 bits per heavy atom. The van der Waals surface area contributed by atoms with Crippen LogP contribution in [0.2, 0.25) is 0 Å². The van der Waals surface area contributed by atoms with E-state index >= 15 is 0 Å². The molecule has 0 radical (unpaired) electrons. The Balaban J connectivity index is 1.91. The minimum Gasteiger partial charge on any atom is -0.398 e. The summed E-state index contributed by atoms with van der Waals surface area (Å²) in [4.78, 5) is 2.44. The maximum absolute atomic E-state index is 6.05. The number of fused-ring (bicyclic) bond motifs is 1. The molecule has 1 aliphatic heterocycles. The smallest absolute Gasteiger partial charge is 0.0432 e. The molecule has 0 unspecified atom stereocenters. The third kappa shape index (κ3) is 2.19. The van der Waals surface area contributed by atoms with Crippen molar-refractivity contribution in [2.24, 2.45) is 0 Å². The van der Waals surface area contributed by atoms with Gasteiger partial charge >= 0.3 is 0 Å². The lowest BCUT2D eigenvalue weighted by Gasteiger charge is -2.21. The van der Waals surface area contributed by atoms with Gasteiger partial charge in [-0.1, -0.05) is 30.3 Å². The molecule has 0 bridgehead atoms. The van der Waals surface area contributed by atoms with E-state index in [0.29, 0.717) is 0 Å². The van der Waals surface area contributed by atoms with E-state index in [0.717, 1.165) is 25.2 Å². The summed E-state index contributed by atoms with van der Waals surface area (Å²) >= 11 is 0. The lowest BCUT2D eigenvalue weighted by atomic mass is 10.1. The van der Waals surface area contributed by atoms with Gasteiger partial charge in [0.2, 0.25) is 0 Å². The van der Waals surface area contributed by atoms with Crippen LogP contribution < -0.4 is 10.6 Å². The lowest BCUT2D eigenvalue weighted by molar-refractivity contribution is 0.831. The Hall–Kier alpha value is -1.96. The number of nitrogens with two attached hydrogens (primary N) is 1. The Morgan fingerprint density at radius 3 is 2.68 bits per heavy atom. The molecule has 1 aliphatic rings. The van der Waals surface area contributed by atoms with E-state index in [-0.39, 0.29) is 0 Å². The van der Waals surface area contributed by atoms with Crippen molar-refractivity contribution in [1.29, 1.82) is 0 Å². The Bertz CT molecular complexity index is 617. The zero-order valence-electron chi connectivity index (χ0n) is 11.6. The number of aryl methyl sites for hydroxylation is 2. The number of nitrogen functional groups attached to an aromatic ring is 1. The van der Waals surface area contributed by atoms with Crippen LogP contribution in [0.4, 0.5) is 11.4 Å². The highest BCUT2D eigenvalue weighted by Crippen LogP contribution is 2.33. The van der Waals surface area contributed by atoms with Crippen molar-refractivity contribution in [3.63, 3.8) is 0 Å². The van der Waals surface area contributed by atoms with Gasteiger partial charge in [0, 0.05) is 24.5 Å². The first-order valence-corrected chi connectivity index (χ1v) is 6.83. The second kappa shape index (κ2) is 4.61. The molecule has 0 saturated carbocycles. The molecule has 0 atom stereocenters. The Labute approximate surface area is 114 Å². The summed E-state index contributed by atoms with van der Waals surface area (Å²) in [6.45, 7) is 6.32. The van der Waals surface area contributed by atoms with Gasteiger partial charge in [0.15, 0.2) is 0 Å². The van der Waals surface area contributed by atoms with Gasteiger partial charge < -0.3 is 10.6 Å². The van der Waals surface area contributed by atoms with Crippen LogP contribution in [0, 0.1) is 13.8 Å². The van der Waals surface area contributed by atoms with Gasteiger partial charge in [-0.3, -0.25) is 0 Å². The molecule has 2 aromatic carbocycles. The molecule has 3 rings (SSSR count). The predicted molar refractivity (Wildman–Crippen MR) is 81.5 cm³/mol. The number of benzene rings is 2. The van der Waals surface area contributed by atoms with E-state index < -0.39 is 0 Å². The zero-order valence-corrected chi connectivity index (χ0v) is 11.6. The van der Waals surface area contributed by atoms with Crippen molar-refractivity contribution < 1.29 is 0 Å². The SMILES string of the molecule is Cc1cc2c(cc1N)N(Cc1ccccc1C)CC2. The van der Waals surface area contributed by atoms with Crippen LogP contribution in [-0.4, -0.2) is 6.54 Å². The minimum atomic E-state index is 0.899. The normalized spacial score (nSPS) is 13.7. The van der Waals surface area contributed by atoms with Gasteiger partial charge in [0.05, 0.1) is 0 Å². The highest BCUT2D eigenvalue weighted by Gasteiger charge is 2.20. The largest absolute Gasteiger partial charge is 0.398 e. The summed E-state index contributed by atoms with van der Waals surface area (Å²) in [5.74, 6) is 0. The van der Waals surface area contributed by atoms with Crippen LogP contribution in [0.15, 0.2) is 36.4 Å². The molecule has 2 heteroatoms. The maximum Gasteiger partial charge on any atom is 0.0432 e. The van der Waals surface area contributed by atoms with Crippen LogP contribution in [0.1, 0.15) is 22.3 Å². The van der Waals surface area contributed by atoms with Crippen LogP contribution in [-0.2, 0) is 13.0 Å². The third-order valence-corrected chi connectivity index (χ3v) is 4.08. The average molecular weight is 252 g/mol. The molecule has 0 fully saturated rings. The standard InChI is InChI=1S/C17H20N2/c1-12-5-3-4-6-15(12)11-19-8-7-14-9-13(2)16(18)10-17(14)19/h3-6,9-10H,7-8,11,18H2,1-2H3. The molecule has 0 aliphatic carbocycles. The maximum atomic E-state index is 6.05. The predicted octanol–water partition coefficient (Wildman–Crippen LogP) is 3.45. The summed E-state index contributed by atoms with van der Waals surface area (Å²) in [6.07, 6.45) is 1.13. The van der Waals surface area contributed by atoms with Crippen LogP contribution in [0.5, 0.6) is 0 Å². The zero-order chi connectivity index (χ0) is 13.4. The molecule has 0 aromatic heterocycles. The molecule has 0 spiro atoms. The molecule has 19 heavy (non-hydrogen) atoms. The summed E-state index contributed by atoms with van der Waals surface area (Å²) < 4.78 is 0. The van der Waals surface area contributed by atoms with E-state index in [1.807, 2.05) is 0 Å². The van der Waals surface area contributed by atoms with Crippen molar-refractivity contribution in [2.75, 3.05) is 17.2 Å². The van der Waals surface area contributed by atoms with Gasteiger partial charge in [0.25, 0.3) is 0 Å². The fourth-order valence-corrected chi connectivity index (χ4v) is 2.80. The van der Waals surface area contributed by atoms with Crippen molar-refractivity contribution >= 4 is 11.4 Å². The summed E-state index contributed by atoms with van der Waals surface area (Å²) in [7, 11) is 0. The summed E-state index contributed by atoms with van der Waals surface area (Å²) in [5, 5.41) is 0. The molecule has 2 N–H and O–H groups in total. The lowest BCUT2D eigenvalue weighted by Crippen LogP contribution is -2.20. The van der Waals surface area contributed by atoms with Gasteiger partial charge in [0.1, 0.15) is 0 Å².